The van der Waals surface area contributed by atoms with Crippen molar-refractivity contribution in [1.29, 1.82) is 0 Å². The highest BCUT2D eigenvalue weighted by Gasteiger charge is 2.29. The van der Waals surface area contributed by atoms with Crippen molar-refractivity contribution in [3.63, 3.8) is 0 Å². The third-order valence-electron chi connectivity index (χ3n) is 6.60. The molecular formula is C29H30N8O3. The number of rotatable bonds is 5. The van der Waals surface area contributed by atoms with Crippen molar-refractivity contribution in [3.8, 4) is 11.5 Å². The monoisotopic (exact) mass is 538 g/mol. The average Bonchev–Trinajstić information content (AvgIpc) is 3.41. The zero-order valence-electron chi connectivity index (χ0n) is 22.6. The number of fused-ring (bicyclic) bond motifs is 2. The Labute approximate surface area is 231 Å². The van der Waals surface area contributed by atoms with E-state index in [0.717, 1.165) is 29.7 Å². The molecular weight excluding hydrogens is 508 g/mol. The van der Waals surface area contributed by atoms with Crippen LogP contribution in [0.2, 0.25) is 0 Å². The number of aromatic nitrogens is 6. The van der Waals surface area contributed by atoms with Crippen LogP contribution in [0.25, 0.3) is 16.7 Å². The van der Waals surface area contributed by atoms with Gasteiger partial charge < -0.3 is 19.7 Å². The number of benzene rings is 1. The second-order valence-corrected chi connectivity index (χ2v) is 10.8. The minimum atomic E-state index is -0.528. The second-order valence-electron chi connectivity index (χ2n) is 10.8. The van der Waals surface area contributed by atoms with Gasteiger partial charge in [0.2, 0.25) is 0 Å². The van der Waals surface area contributed by atoms with E-state index in [9.17, 15) is 4.79 Å². The van der Waals surface area contributed by atoms with Crippen molar-refractivity contribution in [2.45, 2.75) is 45.1 Å². The summed E-state index contributed by atoms with van der Waals surface area (Å²) < 4.78 is 13.3. The van der Waals surface area contributed by atoms with Crippen molar-refractivity contribution >= 4 is 34.3 Å². The maximum absolute atomic E-state index is 12.7. The predicted molar refractivity (Wildman–Crippen MR) is 150 cm³/mol. The number of hydrogen-bond acceptors (Lipinski definition) is 9. The van der Waals surface area contributed by atoms with Crippen LogP contribution < -0.4 is 10.1 Å². The normalized spacial score (nSPS) is 15.8. The minimum absolute atomic E-state index is 0.104. The Morgan fingerprint density at radius 2 is 1.85 bits per heavy atom. The number of hydrogen-bond donors (Lipinski definition) is 1. The summed E-state index contributed by atoms with van der Waals surface area (Å²) in [4.78, 5) is 32.5. The fraction of sp³-hybridized carbons (Fsp3) is 0.310. The molecule has 0 bridgehead atoms. The Hall–Kier alpha value is -4.80. The van der Waals surface area contributed by atoms with E-state index in [1.54, 1.807) is 15.6 Å². The molecule has 5 aromatic rings. The lowest BCUT2D eigenvalue weighted by atomic mass is 9.94. The standard InChI is InChI=1S/C29H30N8O3/c1-29(2,3)40-28(38)36-13-4-5-19(16-36)23-10-11-24-26(35-23)27(32-17-30-24)34-20-6-8-21(9-7-20)39-22-12-14-37-25(15-22)31-18-33-37/h6-12,14-15,17-19H,4-5,13,16H2,1-3H3,(H,30,32,34). The summed E-state index contributed by atoms with van der Waals surface area (Å²) in [6.45, 7) is 6.89. The van der Waals surface area contributed by atoms with Crippen molar-refractivity contribution < 1.29 is 14.3 Å². The summed E-state index contributed by atoms with van der Waals surface area (Å²) in [5.41, 5.74) is 3.35. The van der Waals surface area contributed by atoms with Crippen LogP contribution in [-0.4, -0.2) is 59.2 Å². The summed E-state index contributed by atoms with van der Waals surface area (Å²) in [6.07, 6.45) is 6.38. The Morgan fingerprint density at radius 1 is 1.00 bits per heavy atom. The van der Waals surface area contributed by atoms with Crippen LogP contribution in [0.1, 0.15) is 45.2 Å². The van der Waals surface area contributed by atoms with Gasteiger partial charge in [-0.05, 0) is 76.1 Å². The topological polar surface area (TPSA) is 120 Å². The van der Waals surface area contributed by atoms with E-state index in [4.69, 9.17) is 14.5 Å². The molecule has 0 aliphatic carbocycles. The molecule has 1 unspecified atom stereocenters. The van der Waals surface area contributed by atoms with Crippen molar-refractivity contribution in [2.24, 2.45) is 0 Å². The Balaban J connectivity index is 1.18. The first-order chi connectivity index (χ1) is 19.3. The summed E-state index contributed by atoms with van der Waals surface area (Å²) in [5.74, 6) is 2.08. The van der Waals surface area contributed by atoms with Gasteiger partial charge in [0.05, 0.1) is 5.52 Å². The van der Waals surface area contributed by atoms with E-state index in [1.807, 2.05) is 69.3 Å². The number of carbonyl (C=O) groups excluding carboxylic acids is 1. The molecule has 0 spiro atoms. The SMILES string of the molecule is CC(C)(C)OC(=O)N1CCCC(c2ccc3ncnc(Nc4ccc(Oc5ccn6ncnc6c5)cc4)c3n2)C1. The van der Waals surface area contributed by atoms with Crippen LogP contribution in [0.15, 0.2) is 67.4 Å². The third kappa shape index (κ3) is 5.63. The van der Waals surface area contributed by atoms with Crippen LogP contribution in [0, 0.1) is 0 Å². The van der Waals surface area contributed by atoms with E-state index in [1.165, 1.54) is 12.7 Å². The summed E-state index contributed by atoms with van der Waals surface area (Å²) in [6, 6.07) is 15.2. The Morgan fingerprint density at radius 3 is 2.67 bits per heavy atom. The van der Waals surface area contributed by atoms with Crippen LogP contribution >= 0.6 is 0 Å². The van der Waals surface area contributed by atoms with Gasteiger partial charge in [0, 0.05) is 42.7 Å². The Bertz CT molecular complexity index is 1660. The fourth-order valence-corrected chi connectivity index (χ4v) is 4.72. The maximum Gasteiger partial charge on any atom is 0.410 e. The number of piperidine rings is 1. The number of carbonyl (C=O) groups is 1. The summed E-state index contributed by atoms with van der Waals surface area (Å²) in [7, 11) is 0. The molecule has 1 amide bonds. The highest BCUT2D eigenvalue weighted by Crippen LogP contribution is 2.30. The predicted octanol–water partition coefficient (Wildman–Crippen LogP) is 5.72. The molecule has 1 N–H and O–H groups in total. The second kappa shape index (κ2) is 10.4. The average molecular weight is 539 g/mol. The van der Waals surface area contributed by atoms with Gasteiger partial charge in [-0.25, -0.2) is 29.2 Å². The first-order valence-electron chi connectivity index (χ1n) is 13.2. The molecule has 204 valence electrons. The van der Waals surface area contributed by atoms with E-state index in [0.29, 0.717) is 41.6 Å². The molecule has 0 radical (unpaired) electrons. The van der Waals surface area contributed by atoms with Gasteiger partial charge in [0.15, 0.2) is 11.5 Å². The van der Waals surface area contributed by atoms with Crippen LogP contribution in [0.5, 0.6) is 11.5 Å². The van der Waals surface area contributed by atoms with Gasteiger partial charge in [0.1, 0.15) is 35.3 Å². The van der Waals surface area contributed by atoms with Crippen LogP contribution in [0.4, 0.5) is 16.3 Å². The first kappa shape index (κ1) is 25.5. The van der Waals surface area contributed by atoms with Gasteiger partial charge in [-0.3, -0.25) is 0 Å². The minimum Gasteiger partial charge on any atom is -0.457 e. The lowest BCUT2D eigenvalue weighted by Crippen LogP contribution is -2.42. The lowest BCUT2D eigenvalue weighted by Gasteiger charge is -2.34. The zero-order chi connectivity index (χ0) is 27.7. The van der Waals surface area contributed by atoms with Gasteiger partial charge in [-0.2, -0.15) is 5.10 Å². The van der Waals surface area contributed by atoms with Crippen LogP contribution in [0.3, 0.4) is 0 Å². The molecule has 1 aromatic carbocycles. The molecule has 4 aromatic heterocycles. The van der Waals surface area contributed by atoms with Gasteiger partial charge in [0.25, 0.3) is 0 Å². The largest absolute Gasteiger partial charge is 0.457 e. The molecule has 1 saturated heterocycles. The molecule has 1 atom stereocenters. The maximum atomic E-state index is 12.7. The number of ether oxygens (including phenoxy) is 2. The number of likely N-dealkylation sites (tertiary alicyclic amines) is 1. The quantitative estimate of drug-likeness (QED) is 0.300. The van der Waals surface area contributed by atoms with E-state index in [2.05, 4.69) is 25.4 Å². The number of pyridine rings is 2. The molecule has 40 heavy (non-hydrogen) atoms. The number of amides is 1. The summed E-state index contributed by atoms with van der Waals surface area (Å²) >= 11 is 0. The van der Waals surface area contributed by atoms with Gasteiger partial charge in [-0.1, -0.05) is 0 Å². The Kier molecular flexibility index (Phi) is 6.63. The molecule has 0 saturated carbocycles. The highest BCUT2D eigenvalue weighted by molar-refractivity contribution is 5.87. The van der Waals surface area contributed by atoms with Gasteiger partial charge in [-0.15, -0.1) is 0 Å². The molecule has 1 aliphatic rings. The van der Waals surface area contributed by atoms with E-state index >= 15 is 0 Å². The lowest BCUT2D eigenvalue weighted by molar-refractivity contribution is 0.0197. The van der Waals surface area contributed by atoms with Crippen molar-refractivity contribution in [1.82, 2.24) is 34.4 Å². The molecule has 11 heteroatoms. The van der Waals surface area contributed by atoms with Crippen molar-refractivity contribution in [3.05, 3.63) is 73.1 Å². The number of nitrogens with one attached hydrogen (secondary N) is 1. The zero-order valence-corrected chi connectivity index (χ0v) is 22.6. The number of nitrogens with zero attached hydrogens (tertiary/aromatic N) is 7. The molecule has 1 aliphatic heterocycles. The molecule has 11 nitrogen and oxygen atoms in total. The van der Waals surface area contributed by atoms with E-state index < -0.39 is 5.60 Å². The molecule has 6 rings (SSSR count). The fourth-order valence-electron chi connectivity index (χ4n) is 4.72. The summed E-state index contributed by atoms with van der Waals surface area (Å²) in [5, 5.41) is 7.47. The van der Waals surface area contributed by atoms with Crippen LogP contribution in [-0.2, 0) is 4.74 Å². The smallest absolute Gasteiger partial charge is 0.410 e. The van der Waals surface area contributed by atoms with E-state index in [-0.39, 0.29) is 12.0 Å². The molecule has 1 fully saturated rings. The molecule has 5 heterocycles. The third-order valence-corrected chi connectivity index (χ3v) is 6.60. The highest BCUT2D eigenvalue weighted by atomic mass is 16.6. The van der Waals surface area contributed by atoms with Gasteiger partial charge >= 0.3 is 6.09 Å². The van der Waals surface area contributed by atoms with Crippen molar-refractivity contribution in [2.75, 3.05) is 18.4 Å². The first-order valence-corrected chi connectivity index (χ1v) is 13.2. The number of anilines is 2.